The number of benzene rings is 4. The first kappa shape index (κ1) is 17.4. The fourth-order valence-electron chi connectivity index (χ4n) is 5.39. The normalized spacial score (nSPS) is 16.0. The van der Waals surface area contributed by atoms with Crippen LogP contribution in [0.4, 0.5) is 5.69 Å². The van der Waals surface area contributed by atoms with E-state index in [0.717, 1.165) is 22.3 Å². The van der Waals surface area contributed by atoms with Crippen LogP contribution in [0.3, 0.4) is 0 Å². The Morgan fingerprint density at radius 2 is 1.10 bits per heavy atom. The fraction of sp³-hybridized carbons (Fsp3) is 0.0769. The van der Waals surface area contributed by atoms with E-state index in [-0.39, 0.29) is 27.5 Å². The summed E-state index contributed by atoms with van der Waals surface area (Å²) >= 11 is 6.38. The molecule has 0 saturated heterocycles. The molecule has 4 aromatic carbocycles. The Morgan fingerprint density at radius 3 is 1.63 bits per heavy atom. The minimum absolute atomic E-state index is 0.00281. The molecule has 0 fully saturated rings. The molecule has 4 aromatic rings. The van der Waals surface area contributed by atoms with Gasteiger partial charge in [0.25, 0.3) is 5.69 Å². The molecule has 0 heterocycles. The van der Waals surface area contributed by atoms with E-state index in [0.29, 0.717) is 0 Å². The number of hydrogen-bond donors (Lipinski definition) is 0. The number of nitrogens with zero attached hydrogens (tertiary/aromatic N) is 1. The summed E-state index contributed by atoms with van der Waals surface area (Å²) in [6.45, 7) is 0. The van der Waals surface area contributed by atoms with Crippen LogP contribution in [-0.4, -0.2) is 4.92 Å². The van der Waals surface area contributed by atoms with Gasteiger partial charge in [-0.2, -0.15) is 0 Å². The Labute approximate surface area is 178 Å². The highest BCUT2D eigenvalue weighted by Crippen LogP contribution is 2.60. The minimum Gasteiger partial charge on any atom is -0.258 e. The van der Waals surface area contributed by atoms with Gasteiger partial charge in [0.2, 0.25) is 0 Å². The van der Waals surface area contributed by atoms with Gasteiger partial charge in [-0.1, -0.05) is 90.5 Å². The summed E-state index contributed by atoms with van der Waals surface area (Å²) in [6.07, 6.45) is 0. The summed E-state index contributed by atoms with van der Waals surface area (Å²) < 4.78 is 0. The lowest BCUT2D eigenvalue weighted by atomic mass is 9.78. The maximum atomic E-state index is 12.1. The average molecular weight is 410 g/mol. The maximum Gasteiger partial charge on any atom is 0.292 e. The van der Waals surface area contributed by atoms with Crippen LogP contribution in [0.15, 0.2) is 84.9 Å². The van der Waals surface area contributed by atoms with Crippen LogP contribution in [0, 0.1) is 10.1 Å². The van der Waals surface area contributed by atoms with Gasteiger partial charge in [-0.3, -0.25) is 10.1 Å². The molecule has 0 radical (unpaired) electrons. The molecule has 30 heavy (non-hydrogen) atoms. The van der Waals surface area contributed by atoms with Crippen molar-refractivity contribution in [2.75, 3.05) is 0 Å². The first-order valence-electron chi connectivity index (χ1n) is 9.91. The largest absolute Gasteiger partial charge is 0.292 e. The van der Waals surface area contributed by atoms with Crippen LogP contribution in [0.2, 0.25) is 5.02 Å². The molecule has 0 amide bonds. The predicted octanol–water partition coefficient (Wildman–Crippen LogP) is 7.17. The van der Waals surface area contributed by atoms with Gasteiger partial charge < -0.3 is 0 Å². The second-order valence-electron chi connectivity index (χ2n) is 7.83. The number of halogens is 1. The van der Waals surface area contributed by atoms with Crippen LogP contribution in [0.1, 0.15) is 34.1 Å². The topological polar surface area (TPSA) is 43.1 Å². The standard InChI is InChI=1S/C26H16ClNO2/c27-22-14-13-21-17-9-3-6-12-20(17)24(25(21)26(22)28(29)30)23-18-10-4-1-7-15(18)16-8-2-5-11-19(16)23/h1-14,23-24H. The van der Waals surface area contributed by atoms with Crippen molar-refractivity contribution in [2.45, 2.75) is 11.8 Å². The molecule has 0 aromatic heterocycles. The molecule has 0 N–H and O–H groups in total. The van der Waals surface area contributed by atoms with E-state index in [1.807, 2.05) is 42.5 Å². The lowest BCUT2D eigenvalue weighted by Gasteiger charge is -2.24. The highest BCUT2D eigenvalue weighted by Gasteiger charge is 2.44. The zero-order valence-electron chi connectivity index (χ0n) is 15.9. The lowest BCUT2D eigenvalue weighted by Crippen LogP contribution is -2.11. The van der Waals surface area contributed by atoms with Crippen molar-refractivity contribution in [3.63, 3.8) is 0 Å². The molecule has 0 aliphatic heterocycles. The third-order valence-corrected chi connectivity index (χ3v) is 6.77. The minimum atomic E-state index is -0.327. The summed E-state index contributed by atoms with van der Waals surface area (Å²) in [4.78, 5) is 11.8. The zero-order chi connectivity index (χ0) is 20.4. The predicted molar refractivity (Wildman–Crippen MR) is 119 cm³/mol. The second kappa shape index (κ2) is 6.28. The van der Waals surface area contributed by atoms with Gasteiger partial charge in [0.05, 0.1) is 4.92 Å². The Bertz CT molecular complexity index is 1320. The summed E-state index contributed by atoms with van der Waals surface area (Å²) in [6, 6.07) is 28.5. The van der Waals surface area contributed by atoms with Crippen LogP contribution < -0.4 is 0 Å². The number of hydrogen-bond acceptors (Lipinski definition) is 2. The molecule has 1 unspecified atom stereocenters. The van der Waals surface area contributed by atoms with E-state index in [4.69, 9.17) is 11.6 Å². The van der Waals surface area contributed by atoms with Crippen LogP contribution in [0.25, 0.3) is 22.3 Å². The van der Waals surface area contributed by atoms with E-state index in [9.17, 15) is 10.1 Å². The molecule has 3 nitrogen and oxygen atoms in total. The van der Waals surface area contributed by atoms with Crippen molar-refractivity contribution in [1.82, 2.24) is 0 Å². The van der Waals surface area contributed by atoms with Gasteiger partial charge in [0, 0.05) is 17.4 Å². The van der Waals surface area contributed by atoms with E-state index >= 15 is 0 Å². The van der Waals surface area contributed by atoms with Crippen molar-refractivity contribution in [2.24, 2.45) is 0 Å². The molecular weight excluding hydrogens is 394 g/mol. The van der Waals surface area contributed by atoms with Crippen molar-refractivity contribution in [3.05, 3.63) is 122 Å². The Kier molecular flexibility index (Phi) is 3.65. The Morgan fingerprint density at radius 1 is 0.633 bits per heavy atom. The van der Waals surface area contributed by atoms with Crippen LogP contribution in [0.5, 0.6) is 0 Å². The average Bonchev–Trinajstić information content (AvgIpc) is 3.26. The molecule has 0 saturated carbocycles. The number of nitro benzene ring substituents is 1. The van der Waals surface area contributed by atoms with Crippen molar-refractivity contribution >= 4 is 17.3 Å². The van der Waals surface area contributed by atoms with Gasteiger partial charge in [-0.05, 0) is 45.0 Å². The van der Waals surface area contributed by atoms with Crippen molar-refractivity contribution in [3.8, 4) is 22.3 Å². The molecule has 2 aliphatic rings. The SMILES string of the molecule is O=[N+]([O-])c1c(Cl)ccc2c1C(C1c3ccccc3-c3ccccc31)c1ccccc1-2. The van der Waals surface area contributed by atoms with Gasteiger partial charge in [0.1, 0.15) is 5.02 Å². The first-order chi connectivity index (χ1) is 14.7. The quantitative estimate of drug-likeness (QED) is 0.260. The highest BCUT2D eigenvalue weighted by atomic mass is 35.5. The molecule has 2 aliphatic carbocycles. The van der Waals surface area contributed by atoms with Gasteiger partial charge in [0.15, 0.2) is 0 Å². The molecule has 144 valence electrons. The smallest absolute Gasteiger partial charge is 0.258 e. The van der Waals surface area contributed by atoms with Gasteiger partial charge in [-0.15, -0.1) is 0 Å². The van der Waals surface area contributed by atoms with Gasteiger partial charge >= 0.3 is 0 Å². The van der Waals surface area contributed by atoms with E-state index in [1.165, 1.54) is 22.3 Å². The molecule has 6 rings (SSSR count). The second-order valence-corrected chi connectivity index (χ2v) is 8.24. The van der Waals surface area contributed by atoms with E-state index in [2.05, 4.69) is 36.4 Å². The third-order valence-electron chi connectivity index (χ3n) is 6.46. The fourth-order valence-corrected chi connectivity index (χ4v) is 5.62. The third kappa shape index (κ3) is 2.21. The lowest BCUT2D eigenvalue weighted by molar-refractivity contribution is -0.385. The number of rotatable bonds is 2. The van der Waals surface area contributed by atoms with Crippen molar-refractivity contribution < 1.29 is 4.92 Å². The van der Waals surface area contributed by atoms with Crippen LogP contribution in [-0.2, 0) is 0 Å². The molecule has 4 heteroatoms. The zero-order valence-corrected chi connectivity index (χ0v) is 16.6. The van der Waals surface area contributed by atoms with E-state index < -0.39 is 0 Å². The maximum absolute atomic E-state index is 12.1. The molecular formula is C26H16ClNO2. The Balaban J connectivity index is 1.71. The van der Waals surface area contributed by atoms with Crippen LogP contribution >= 0.6 is 11.6 Å². The highest BCUT2D eigenvalue weighted by molar-refractivity contribution is 6.33. The number of fused-ring (bicyclic) bond motifs is 6. The molecule has 0 bridgehead atoms. The summed E-state index contributed by atoms with van der Waals surface area (Å²) in [5.41, 5.74) is 8.66. The van der Waals surface area contributed by atoms with Gasteiger partial charge in [-0.25, -0.2) is 0 Å². The Hall–Kier alpha value is -3.43. The monoisotopic (exact) mass is 409 g/mol. The van der Waals surface area contributed by atoms with Crippen molar-refractivity contribution in [1.29, 1.82) is 0 Å². The first-order valence-corrected chi connectivity index (χ1v) is 10.3. The summed E-state index contributed by atoms with van der Waals surface area (Å²) in [5, 5.41) is 12.3. The molecule has 1 atom stereocenters. The summed E-state index contributed by atoms with van der Waals surface area (Å²) in [7, 11) is 0. The number of nitro groups is 1. The molecule has 0 spiro atoms. The summed E-state index contributed by atoms with van der Waals surface area (Å²) in [5.74, 6) is -0.169. The van der Waals surface area contributed by atoms with E-state index in [1.54, 1.807) is 6.07 Å².